The molecule has 0 aliphatic heterocycles. The minimum Gasteiger partial charge on any atom is -0.744 e. The Morgan fingerprint density at radius 1 is 1.05 bits per heavy atom. The van der Waals surface area contributed by atoms with Gasteiger partial charge in [0.05, 0.1) is 0 Å². The number of carboxylic acid groups (broad SMARTS) is 1. The lowest BCUT2D eigenvalue weighted by Gasteiger charge is -2.16. The van der Waals surface area contributed by atoms with Crippen LogP contribution in [0.3, 0.4) is 0 Å². The van der Waals surface area contributed by atoms with E-state index < -0.39 is 49.9 Å². The Hall–Kier alpha value is -2.44. The zero-order valence-electron chi connectivity index (χ0n) is 8.59. The maximum atomic E-state index is 10.8. The number of carbonyl (C=O) groups is 1. The SMILES string of the molecule is O=C(O)Oc1c(O)c(O)c(S(=O)(=O)[O-])c(OO)c1O. The van der Waals surface area contributed by atoms with E-state index in [4.69, 9.17) is 10.4 Å². The van der Waals surface area contributed by atoms with Crippen LogP contribution in [0.25, 0.3) is 0 Å². The van der Waals surface area contributed by atoms with E-state index in [0.717, 1.165) is 0 Å². The number of hydrogen-bond acceptors (Lipinski definition) is 10. The van der Waals surface area contributed by atoms with Gasteiger partial charge in [0.1, 0.15) is 10.1 Å². The van der Waals surface area contributed by atoms with Gasteiger partial charge in [-0.25, -0.2) is 18.5 Å². The van der Waals surface area contributed by atoms with Gasteiger partial charge in [-0.3, -0.25) is 0 Å². The second kappa shape index (κ2) is 4.68. The first-order chi connectivity index (χ1) is 8.61. The molecule has 0 aliphatic carbocycles. The van der Waals surface area contributed by atoms with Crippen molar-refractivity contribution < 1.29 is 53.1 Å². The molecule has 1 aromatic carbocycles. The largest absolute Gasteiger partial charge is 0.744 e. The van der Waals surface area contributed by atoms with Gasteiger partial charge in [-0.05, 0) is 0 Å². The fourth-order valence-electron chi connectivity index (χ4n) is 1.15. The second-order valence-electron chi connectivity index (χ2n) is 2.95. The lowest BCUT2D eigenvalue weighted by Crippen LogP contribution is -2.07. The van der Waals surface area contributed by atoms with Crippen LogP contribution in [-0.2, 0) is 10.1 Å². The summed E-state index contributed by atoms with van der Waals surface area (Å²) in [6, 6.07) is 0. The van der Waals surface area contributed by atoms with E-state index in [9.17, 15) is 33.1 Å². The molecule has 12 heteroatoms. The zero-order valence-corrected chi connectivity index (χ0v) is 9.41. The van der Waals surface area contributed by atoms with Gasteiger partial charge in [-0.1, -0.05) is 0 Å². The summed E-state index contributed by atoms with van der Waals surface area (Å²) in [5.74, 6) is -7.55. The summed E-state index contributed by atoms with van der Waals surface area (Å²) in [5.41, 5.74) is 0. The Labute approximate surface area is 104 Å². The summed E-state index contributed by atoms with van der Waals surface area (Å²) in [7, 11) is -5.47. The normalized spacial score (nSPS) is 11.1. The molecule has 0 atom stereocenters. The van der Waals surface area contributed by atoms with Crippen LogP contribution in [-0.4, -0.2) is 44.8 Å². The molecule has 1 rings (SSSR count). The smallest absolute Gasteiger partial charge is 0.511 e. The number of hydrogen-bond donors (Lipinski definition) is 5. The maximum absolute atomic E-state index is 10.8. The molecule has 0 heterocycles. The highest BCUT2D eigenvalue weighted by Gasteiger charge is 2.31. The van der Waals surface area contributed by atoms with Gasteiger partial charge in [0.2, 0.25) is 23.0 Å². The van der Waals surface area contributed by atoms with Crippen molar-refractivity contribution in [3.63, 3.8) is 0 Å². The van der Waals surface area contributed by atoms with Crippen LogP contribution < -0.4 is 9.62 Å². The number of phenols is 3. The molecule has 11 nitrogen and oxygen atoms in total. The second-order valence-corrected chi connectivity index (χ2v) is 4.26. The standard InChI is InChI=1S/C7H6O11S/c8-1-2(9)6(19(14,15)16)5(18-13)3(10)4(1)17-7(11)12/h8-10,13H,(H,11,12)(H,14,15,16)/p-1. The fourth-order valence-corrected chi connectivity index (χ4v) is 1.84. The van der Waals surface area contributed by atoms with E-state index >= 15 is 0 Å². The molecule has 0 bridgehead atoms. The molecule has 0 aromatic heterocycles. The molecule has 106 valence electrons. The third kappa shape index (κ3) is 2.54. The van der Waals surface area contributed by atoms with Gasteiger partial charge < -0.3 is 34.6 Å². The molecular weight excluding hydrogens is 292 g/mol. The lowest BCUT2D eigenvalue weighted by molar-refractivity contribution is -0.142. The van der Waals surface area contributed by atoms with Crippen LogP contribution in [0, 0.1) is 0 Å². The third-order valence-corrected chi connectivity index (χ3v) is 2.70. The topological polar surface area (TPSA) is 194 Å². The van der Waals surface area contributed by atoms with Gasteiger partial charge in [0.15, 0.2) is 10.6 Å². The first kappa shape index (κ1) is 14.6. The quantitative estimate of drug-likeness (QED) is 0.0927. The molecule has 0 saturated heterocycles. The van der Waals surface area contributed by atoms with E-state index in [-0.39, 0.29) is 0 Å². The molecule has 0 unspecified atom stereocenters. The summed E-state index contributed by atoms with van der Waals surface area (Å²) >= 11 is 0. The summed E-state index contributed by atoms with van der Waals surface area (Å²) in [4.78, 5) is 12.0. The Kier molecular flexibility index (Phi) is 3.60. The monoisotopic (exact) mass is 297 g/mol. The summed E-state index contributed by atoms with van der Waals surface area (Å²) < 4.78 is 36.2. The minimum absolute atomic E-state index is 1.33. The van der Waals surface area contributed by atoms with Crippen molar-refractivity contribution in [2.45, 2.75) is 4.90 Å². The van der Waals surface area contributed by atoms with Crippen molar-refractivity contribution in [1.82, 2.24) is 0 Å². The van der Waals surface area contributed by atoms with Crippen LogP contribution in [0.4, 0.5) is 4.79 Å². The van der Waals surface area contributed by atoms with Crippen LogP contribution in [0.2, 0.25) is 0 Å². The van der Waals surface area contributed by atoms with Crippen LogP contribution in [0.15, 0.2) is 4.90 Å². The van der Waals surface area contributed by atoms with Crippen molar-refractivity contribution in [3.8, 4) is 28.7 Å². The van der Waals surface area contributed by atoms with Crippen LogP contribution >= 0.6 is 0 Å². The van der Waals surface area contributed by atoms with Crippen molar-refractivity contribution in [3.05, 3.63) is 0 Å². The average molecular weight is 297 g/mol. The average Bonchev–Trinajstić information content (AvgIpc) is 2.26. The predicted octanol–water partition coefficient (Wildman–Crippen LogP) is -0.384. The molecular formula is C7H5O11S-. The maximum Gasteiger partial charge on any atom is 0.511 e. The molecule has 0 fully saturated rings. The number of rotatable bonds is 3. The Morgan fingerprint density at radius 2 is 1.58 bits per heavy atom. The van der Waals surface area contributed by atoms with E-state index in [2.05, 4.69) is 9.62 Å². The molecule has 19 heavy (non-hydrogen) atoms. The summed E-state index contributed by atoms with van der Waals surface area (Å²) in [5, 5.41) is 44.5. The number of phenolic OH excluding ortho intramolecular Hbond substituents is 3. The Balaban J connectivity index is 3.78. The van der Waals surface area contributed by atoms with E-state index in [1.807, 2.05) is 0 Å². The molecule has 0 radical (unpaired) electrons. The van der Waals surface area contributed by atoms with Crippen LogP contribution in [0.1, 0.15) is 0 Å². The highest BCUT2D eigenvalue weighted by atomic mass is 32.2. The molecule has 0 spiro atoms. The number of benzene rings is 1. The van der Waals surface area contributed by atoms with Crippen molar-refractivity contribution in [2.24, 2.45) is 0 Å². The van der Waals surface area contributed by atoms with Crippen LogP contribution in [0.5, 0.6) is 28.7 Å². The third-order valence-electron chi connectivity index (χ3n) is 1.82. The number of ether oxygens (including phenoxy) is 1. The fraction of sp³-hybridized carbons (Fsp3) is 0. The molecule has 0 aliphatic rings. The predicted molar refractivity (Wildman–Crippen MR) is 51.3 cm³/mol. The highest BCUT2D eigenvalue weighted by molar-refractivity contribution is 7.86. The van der Waals surface area contributed by atoms with Gasteiger partial charge in [-0.2, -0.15) is 0 Å². The number of aromatic hydroxyl groups is 3. The van der Waals surface area contributed by atoms with Gasteiger partial charge >= 0.3 is 6.16 Å². The molecule has 5 N–H and O–H groups in total. The van der Waals surface area contributed by atoms with E-state index in [1.54, 1.807) is 0 Å². The zero-order chi connectivity index (χ0) is 15.0. The molecule has 1 aromatic rings. The highest BCUT2D eigenvalue weighted by Crippen LogP contribution is 2.53. The van der Waals surface area contributed by atoms with Gasteiger partial charge in [-0.15, -0.1) is 0 Å². The summed E-state index contributed by atoms with van der Waals surface area (Å²) in [6.07, 6.45) is -2.05. The summed E-state index contributed by atoms with van der Waals surface area (Å²) in [6.45, 7) is 0. The van der Waals surface area contributed by atoms with E-state index in [1.165, 1.54) is 0 Å². The minimum atomic E-state index is -5.47. The van der Waals surface area contributed by atoms with Crippen molar-refractivity contribution in [2.75, 3.05) is 0 Å². The van der Waals surface area contributed by atoms with Crippen molar-refractivity contribution >= 4 is 16.3 Å². The van der Waals surface area contributed by atoms with E-state index in [0.29, 0.717) is 0 Å². The van der Waals surface area contributed by atoms with Crippen molar-refractivity contribution in [1.29, 1.82) is 0 Å². The first-order valence-electron chi connectivity index (χ1n) is 4.10. The first-order valence-corrected chi connectivity index (χ1v) is 5.51. The van der Waals surface area contributed by atoms with Gasteiger partial charge in [0, 0.05) is 0 Å². The Bertz CT molecular complexity index is 631. The van der Waals surface area contributed by atoms with Gasteiger partial charge in [0.25, 0.3) is 0 Å². The molecule has 0 saturated carbocycles. The molecule has 0 amide bonds. The Morgan fingerprint density at radius 3 is 1.95 bits per heavy atom. The lowest BCUT2D eigenvalue weighted by atomic mass is 10.2.